The Morgan fingerprint density at radius 1 is 1.15 bits per heavy atom. The second kappa shape index (κ2) is 6.35. The van der Waals surface area contributed by atoms with Crippen molar-refractivity contribution >= 4 is 15.9 Å². The average Bonchev–Trinajstić information content (AvgIpc) is 2.44. The van der Waals surface area contributed by atoms with Gasteiger partial charge in [0.05, 0.1) is 13.2 Å². The summed E-state index contributed by atoms with van der Waals surface area (Å²) in [6.45, 7) is 2.17. The summed E-state index contributed by atoms with van der Waals surface area (Å²) in [5, 5.41) is 3.43. The molecule has 0 radical (unpaired) electrons. The molecule has 110 valence electrons. The first kappa shape index (κ1) is 14.2. The number of piperidine rings is 1. The quantitative estimate of drug-likeness (QED) is 0.903. The molecule has 1 heterocycles. The van der Waals surface area contributed by atoms with Gasteiger partial charge in [0.1, 0.15) is 0 Å². The van der Waals surface area contributed by atoms with Gasteiger partial charge in [-0.3, -0.25) is 0 Å². The van der Waals surface area contributed by atoms with E-state index < -0.39 is 0 Å². The molecule has 0 unspecified atom stereocenters. The van der Waals surface area contributed by atoms with Crippen molar-refractivity contribution < 1.29 is 9.47 Å². The third-order valence-electron chi connectivity index (χ3n) is 4.38. The van der Waals surface area contributed by atoms with Crippen molar-refractivity contribution in [1.29, 1.82) is 0 Å². The zero-order valence-electron chi connectivity index (χ0n) is 12.0. The molecule has 1 aromatic rings. The molecule has 0 bridgehead atoms. The number of hydrogen-bond donors (Lipinski definition) is 1. The van der Waals surface area contributed by atoms with E-state index in [4.69, 9.17) is 9.47 Å². The third-order valence-corrected chi connectivity index (χ3v) is 4.84. The molecule has 0 spiro atoms. The van der Waals surface area contributed by atoms with E-state index in [0.717, 1.165) is 29.1 Å². The molecular formula is C16H22BrNO2. The van der Waals surface area contributed by atoms with Crippen LogP contribution in [0.3, 0.4) is 0 Å². The summed E-state index contributed by atoms with van der Waals surface area (Å²) >= 11 is 3.60. The van der Waals surface area contributed by atoms with E-state index in [1.807, 2.05) is 6.07 Å². The first-order valence-corrected chi connectivity index (χ1v) is 8.32. The van der Waals surface area contributed by atoms with E-state index in [1.54, 1.807) is 7.11 Å². The minimum absolute atomic E-state index is 0.380. The molecular weight excluding hydrogens is 318 g/mol. The maximum Gasteiger partial charge on any atom is 0.165 e. The summed E-state index contributed by atoms with van der Waals surface area (Å²) in [5.74, 6) is 2.41. The Labute approximate surface area is 129 Å². The lowest BCUT2D eigenvalue weighted by Crippen LogP contribution is -2.28. The molecule has 1 N–H and O–H groups in total. The fourth-order valence-electron chi connectivity index (χ4n) is 2.96. The second-order valence-electron chi connectivity index (χ2n) is 5.72. The van der Waals surface area contributed by atoms with Crippen LogP contribution in [0.5, 0.6) is 11.5 Å². The Hall–Kier alpha value is -0.740. The minimum Gasteiger partial charge on any atom is -0.493 e. The van der Waals surface area contributed by atoms with Crippen LogP contribution in [0.25, 0.3) is 0 Å². The Balaban J connectivity index is 1.93. The van der Waals surface area contributed by atoms with Gasteiger partial charge in [-0.15, -0.1) is 0 Å². The van der Waals surface area contributed by atoms with Gasteiger partial charge in [0.2, 0.25) is 0 Å². The molecule has 1 aliphatic carbocycles. The van der Waals surface area contributed by atoms with Crippen molar-refractivity contribution in [2.24, 2.45) is 0 Å². The first-order chi connectivity index (χ1) is 9.78. The second-order valence-corrected chi connectivity index (χ2v) is 6.64. The summed E-state index contributed by atoms with van der Waals surface area (Å²) in [4.78, 5) is 0. The predicted octanol–water partition coefficient (Wildman–Crippen LogP) is 3.86. The lowest BCUT2D eigenvalue weighted by molar-refractivity contribution is 0.114. The lowest BCUT2D eigenvalue weighted by Gasteiger charge is -2.31. The SMILES string of the molecule is COc1cc(Br)cc(C2CCNCC2)c1OC1CCC1. The molecule has 1 saturated carbocycles. The van der Waals surface area contributed by atoms with Gasteiger partial charge >= 0.3 is 0 Å². The molecule has 4 heteroatoms. The Morgan fingerprint density at radius 3 is 2.50 bits per heavy atom. The summed E-state index contributed by atoms with van der Waals surface area (Å²) in [6.07, 6.45) is 6.34. The van der Waals surface area contributed by atoms with E-state index in [1.165, 1.54) is 37.7 Å². The number of nitrogens with one attached hydrogen (secondary N) is 1. The minimum atomic E-state index is 0.380. The van der Waals surface area contributed by atoms with Gasteiger partial charge in [0.25, 0.3) is 0 Å². The smallest absolute Gasteiger partial charge is 0.165 e. The fourth-order valence-corrected chi connectivity index (χ4v) is 3.41. The van der Waals surface area contributed by atoms with E-state index in [-0.39, 0.29) is 0 Å². The van der Waals surface area contributed by atoms with Crippen LogP contribution in [0, 0.1) is 0 Å². The van der Waals surface area contributed by atoms with Gasteiger partial charge < -0.3 is 14.8 Å². The van der Waals surface area contributed by atoms with Crippen LogP contribution in [-0.2, 0) is 0 Å². The highest BCUT2D eigenvalue weighted by Gasteiger charge is 2.26. The van der Waals surface area contributed by atoms with Gasteiger partial charge in [-0.1, -0.05) is 15.9 Å². The molecule has 0 amide bonds. The number of rotatable bonds is 4. The van der Waals surface area contributed by atoms with Crippen molar-refractivity contribution in [3.63, 3.8) is 0 Å². The standard InChI is InChI=1S/C16H22BrNO2/c1-19-15-10-12(17)9-14(11-5-7-18-8-6-11)16(15)20-13-3-2-4-13/h9-11,13,18H,2-8H2,1H3. The van der Waals surface area contributed by atoms with Crippen LogP contribution in [0.15, 0.2) is 16.6 Å². The Kier molecular flexibility index (Phi) is 4.51. The van der Waals surface area contributed by atoms with E-state index >= 15 is 0 Å². The number of halogens is 1. The van der Waals surface area contributed by atoms with Crippen LogP contribution in [-0.4, -0.2) is 26.3 Å². The lowest BCUT2D eigenvalue weighted by atomic mass is 9.89. The van der Waals surface area contributed by atoms with Crippen molar-refractivity contribution in [3.05, 3.63) is 22.2 Å². The highest BCUT2D eigenvalue weighted by molar-refractivity contribution is 9.10. The van der Waals surface area contributed by atoms with Crippen molar-refractivity contribution in [2.45, 2.75) is 44.1 Å². The molecule has 1 aliphatic heterocycles. The predicted molar refractivity (Wildman–Crippen MR) is 83.8 cm³/mol. The number of benzene rings is 1. The summed E-state index contributed by atoms with van der Waals surface area (Å²) < 4.78 is 12.9. The fraction of sp³-hybridized carbons (Fsp3) is 0.625. The average molecular weight is 340 g/mol. The zero-order chi connectivity index (χ0) is 13.9. The molecule has 3 nitrogen and oxygen atoms in total. The molecule has 2 fully saturated rings. The van der Waals surface area contributed by atoms with Crippen LogP contribution in [0.2, 0.25) is 0 Å². The molecule has 3 rings (SSSR count). The van der Waals surface area contributed by atoms with Gasteiger partial charge in [-0.2, -0.15) is 0 Å². The number of hydrogen-bond acceptors (Lipinski definition) is 3. The monoisotopic (exact) mass is 339 g/mol. The Morgan fingerprint density at radius 2 is 1.90 bits per heavy atom. The summed E-state index contributed by atoms with van der Waals surface area (Å²) in [5.41, 5.74) is 1.31. The van der Waals surface area contributed by atoms with Crippen LogP contribution in [0.1, 0.15) is 43.6 Å². The van der Waals surface area contributed by atoms with E-state index in [2.05, 4.69) is 27.3 Å². The van der Waals surface area contributed by atoms with Crippen molar-refractivity contribution in [3.8, 4) is 11.5 Å². The summed E-state index contributed by atoms with van der Waals surface area (Å²) in [7, 11) is 1.72. The van der Waals surface area contributed by atoms with Gasteiger partial charge in [-0.05, 0) is 63.2 Å². The molecule has 1 aromatic carbocycles. The van der Waals surface area contributed by atoms with Crippen molar-refractivity contribution in [1.82, 2.24) is 5.32 Å². The van der Waals surface area contributed by atoms with Gasteiger partial charge in [0.15, 0.2) is 11.5 Å². The van der Waals surface area contributed by atoms with Gasteiger partial charge in [0, 0.05) is 10.0 Å². The highest BCUT2D eigenvalue weighted by Crippen LogP contribution is 2.43. The normalized spacial score (nSPS) is 20.5. The zero-order valence-corrected chi connectivity index (χ0v) is 13.5. The number of ether oxygens (including phenoxy) is 2. The molecule has 20 heavy (non-hydrogen) atoms. The van der Waals surface area contributed by atoms with E-state index in [9.17, 15) is 0 Å². The molecule has 1 saturated heterocycles. The molecule has 2 aliphatic rings. The molecule has 0 aromatic heterocycles. The maximum atomic E-state index is 6.25. The maximum absolute atomic E-state index is 6.25. The first-order valence-electron chi connectivity index (χ1n) is 7.52. The van der Waals surface area contributed by atoms with Gasteiger partial charge in [-0.25, -0.2) is 0 Å². The van der Waals surface area contributed by atoms with Crippen LogP contribution < -0.4 is 14.8 Å². The largest absolute Gasteiger partial charge is 0.493 e. The van der Waals surface area contributed by atoms with E-state index in [0.29, 0.717) is 12.0 Å². The third kappa shape index (κ3) is 2.96. The van der Waals surface area contributed by atoms with Crippen LogP contribution in [0.4, 0.5) is 0 Å². The summed E-state index contributed by atoms with van der Waals surface area (Å²) in [6, 6.07) is 4.23. The Bertz CT molecular complexity index is 468. The number of methoxy groups -OCH3 is 1. The van der Waals surface area contributed by atoms with Crippen molar-refractivity contribution in [2.75, 3.05) is 20.2 Å². The molecule has 0 atom stereocenters. The highest BCUT2D eigenvalue weighted by atomic mass is 79.9. The van der Waals surface area contributed by atoms with Crippen LogP contribution >= 0.6 is 15.9 Å². The topological polar surface area (TPSA) is 30.5 Å².